The monoisotopic (exact) mass is 262 g/mol. The van der Waals surface area contributed by atoms with E-state index < -0.39 is 17.8 Å². The number of anilines is 1. The van der Waals surface area contributed by atoms with Crippen LogP contribution < -0.4 is 5.32 Å². The van der Waals surface area contributed by atoms with Gasteiger partial charge in [-0.3, -0.25) is 0 Å². The van der Waals surface area contributed by atoms with Crippen molar-refractivity contribution in [1.29, 1.82) is 0 Å². The van der Waals surface area contributed by atoms with E-state index in [1.165, 1.54) is 0 Å². The highest BCUT2D eigenvalue weighted by molar-refractivity contribution is 5.94. The molecule has 0 saturated heterocycles. The van der Waals surface area contributed by atoms with Gasteiger partial charge in [-0.25, -0.2) is 9.78 Å². The molecule has 1 N–H and O–H groups in total. The van der Waals surface area contributed by atoms with Crippen LogP contribution in [0, 0.1) is 0 Å². The summed E-state index contributed by atoms with van der Waals surface area (Å²) in [5.41, 5.74) is -1.06. The predicted octanol–water partition coefficient (Wildman–Crippen LogP) is 2.71. The normalized spacial score (nSPS) is 11.2. The third-order valence-corrected chi connectivity index (χ3v) is 2.03. The SMILES string of the molecule is CCNc1nc(C(F)(F)F)ccc1C(=O)OCC. The molecule has 1 aromatic rings. The second-order valence-corrected chi connectivity index (χ2v) is 3.34. The van der Waals surface area contributed by atoms with Crippen molar-refractivity contribution in [2.24, 2.45) is 0 Å². The lowest BCUT2D eigenvalue weighted by Crippen LogP contribution is -2.15. The standard InChI is InChI=1S/C11H13F3N2O2/c1-3-15-9-7(10(17)18-4-2)5-6-8(16-9)11(12,13)14/h5-6H,3-4H2,1-2H3,(H,15,16). The number of alkyl halides is 3. The molecule has 0 aliphatic carbocycles. The van der Waals surface area contributed by atoms with Crippen molar-refractivity contribution >= 4 is 11.8 Å². The van der Waals surface area contributed by atoms with Gasteiger partial charge < -0.3 is 10.1 Å². The molecule has 7 heteroatoms. The van der Waals surface area contributed by atoms with E-state index in [0.29, 0.717) is 6.54 Å². The second kappa shape index (κ2) is 5.70. The Labute approximate surface area is 102 Å². The van der Waals surface area contributed by atoms with Crippen LogP contribution in [0.3, 0.4) is 0 Å². The molecular formula is C11H13F3N2O2. The van der Waals surface area contributed by atoms with Crippen molar-refractivity contribution in [2.45, 2.75) is 20.0 Å². The summed E-state index contributed by atoms with van der Waals surface area (Å²) in [4.78, 5) is 14.9. The van der Waals surface area contributed by atoms with Crippen molar-refractivity contribution in [1.82, 2.24) is 4.98 Å². The number of hydrogen-bond donors (Lipinski definition) is 1. The molecule has 1 rings (SSSR count). The number of rotatable bonds is 4. The van der Waals surface area contributed by atoms with Gasteiger partial charge in [-0.15, -0.1) is 0 Å². The van der Waals surface area contributed by atoms with Crippen LogP contribution in [0.2, 0.25) is 0 Å². The van der Waals surface area contributed by atoms with Crippen LogP contribution in [0.4, 0.5) is 19.0 Å². The molecule has 0 aliphatic rings. The number of aromatic nitrogens is 1. The lowest BCUT2D eigenvalue weighted by atomic mass is 10.2. The molecule has 0 aliphatic heterocycles. The third kappa shape index (κ3) is 3.35. The number of pyridine rings is 1. The van der Waals surface area contributed by atoms with Gasteiger partial charge in [-0.1, -0.05) is 0 Å². The number of ether oxygens (including phenoxy) is 1. The highest BCUT2D eigenvalue weighted by Gasteiger charge is 2.33. The first kappa shape index (κ1) is 14.3. The summed E-state index contributed by atoms with van der Waals surface area (Å²) >= 11 is 0. The van der Waals surface area contributed by atoms with Gasteiger partial charge >= 0.3 is 12.1 Å². The van der Waals surface area contributed by atoms with E-state index in [4.69, 9.17) is 4.74 Å². The van der Waals surface area contributed by atoms with Gasteiger partial charge in [0.25, 0.3) is 0 Å². The maximum Gasteiger partial charge on any atom is 0.433 e. The zero-order valence-corrected chi connectivity index (χ0v) is 9.97. The lowest BCUT2D eigenvalue weighted by molar-refractivity contribution is -0.141. The Hall–Kier alpha value is -1.79. The maximum atomic E-state index is 12.5. The number of carbonyl (C=O) groups is 1. The molecule has 0 radical (unpaired) electrons. The summed E-state index contributed by atoms with van der Waals surface area (Å²) < 4.78 is 42.2. The third-order valence-electron chi connectivity index (χ3n) is 2.03. The number of halogens is 3. The molecule has 18 heavy (non-hydrogen) atoms. The van der Waals surface area contributed by atoms with Gasteiger partial charge in [0.15, 0.2) is 0 Å². The average Bonchev–Trinajstić information content (AvgIpc) is 2.28. The van der Waals surface area contributed by atoms with E-state index in [0.717, 1.165) is 12.1 Å². The van der Waals surface area contributed by atoms with Crippen LogP contribution >= 0.6 is 0 Å². The van der Waals surface area contributed by atoms with Crippen molar-refractivity contribution in [3.63, 3.8) is 0 Å². The van der Waals surface area contributed by atoms with Crippen molar-refractivity contribution in [3.05, 3.63) is 23.4 Å². The molecule has 0 unspecified atom stereocenters. The van der Waals surface area contributed by atoms with E-state index in [1.54, 1.807) is 13.8 Å². The largest absolute Gasteiger partial charge is 0.462 e. The minimum Gasteiger partial charge on any atom is -0.462 e. The Morgan fingerprint density at radius 3 is 2.56 bits per heavy atom. The molecule has 1 heterocycles. The van der Waals surface area contributed by atoms with Crippen molar-refractivity contribution < 1.29 is 22.7 Å². The molecule has 0 atom stereocenters. The van der Waals surface area contributed by atoms with Crippen LogP contribution in [0.25, 0.3) is 0 Å². The molecule has 4 nitrogen and oxygen atoms in total. The van der Waals surface area contributed by atoms with Crippen LogP contribution in [-0.4, -0.2) is 24.1 Å². The average molecular weight is 262 g/mol. The molecule has 0 bridgehead atoms. The highest BCUT2D eigenvalue weighted by atomic mass is 19.4. The maximum absolute atomic E-state index is 12.5. The Bertz CT molecular complexity index is 433. The van der Waals surface area contributed by atoms with Gasteiger partial charge in [-0.2, -0.15) is 13.2 Å². The molecule has 1 aromatic heterocycles. The second-order valence-electron chi connectivity index (χ2n) is 3.34. The van der Waals surface area contributed by atoms with Crippen molar-refractivity contribution in [2.75, 3.05) is 18.5 Å². The van der Waals surface area contributed by atoms with Crippen LogP contribution in [0.15, 0.2) is 12.1 Å². The van der Waals surface area contributed by atoms with Gasteiger partial charge in [-0.05, 0) is 26.0 Å². The molecule has 0 fully saturated rings. The quantitative estimate of drug-likeness (QED) is 0.848. The predicted molar refractivity (Wildman–Crippen MR) is 59.4 cm³/mol. The van der Waals surface area contributed by atoms with Crippen molar-refractivity contribution in [3.8, 4) is 0 Å². The van der Waals surface area contributed by atoms with E-state index in [-0.39, 0.29) is 18.0 Å². The highest BCUT2D eigenvalue weighted by Crippen LogP contribution is 2.29. The first-order chi connectivity index (χ1) is 8.40. The molecular weight excluding hydrogens is 249 g/mol. The smallest absolute Gasteiger partial charge is 0.433 e. The molecule has 0 spiro atoms. The summed E-state index contributed by atoms with van der Waals surface area (Å²) in [6, 6.07) is 1.82. The molecule has 0 saturated carbocycles. The van der Waals surface area contributed by atoms with E-state index >= 15 is 0 Å². The Balaban J connectivity index is 3.16. The van der Waals surface area contributed by atoms with Gasteiger partial charge in [0.1, 0.15) is 17.1 Å². The summed E-state index contributed by atoms with van der Waals surface area (Å²) in [7, 11) is 0. The zero-order chi connectivity index (χ0) is 13.8. The van der Waals surface area contributed by atoms with Crippen LogP contribution in [-0.2, 0) is 10.9 Å². The Morgan fingerprint density at radius 1 is 1.39 bits per heavy atom. The fourth-order valence-electron chi connectivity index (χ4n) is 1.29. The van der Waals surface area contributed by atoms with E-state index in [9.17, 15) is 18.0 Å². The number of nitrogens with one attached hydrogen (secondary N) is 1. The first-order valence-electron chi connectivity index (χ1n) is 5.39. The van der Waals surface area contributed by atoms with Gasteiger partial charge in [0.2, 0.25) is 0 Å². The number of carbonyl (C=O) groups excluding carboxylic acids is 1. The van der Waals surface area contributed by atoms with Gasteiger partial charge in [0, 0.05) is 6.54 Å². The van der Waals surface area contributed by atoms with E-state index in [1.807, 2.05) is 0 Å². The number of esters is 1. The topological polar surface area (TPSA) is 51.2 Å². The van der Waals surface area contributed by atoms with Crippen LogP contribution in [0.1, 0.15) is 29.9 Å². The van der Waals surface area contributed by atoms with Crippen LogP contribution in [0.5, 0.6) is 0 Å². The summed E-state index contributed by atoms with van der Waals surface area (Å²) in [5.74, 6) is -0.819. The first-order valence-corrected chi connectivity index (χ1v) is 5.39. The summed E-state index contributed by atoms with van der Waals surface area (Å²) in [6.45, 7) is 3.80. The van der Waals surface area contributed by atoms with Gasteiger partial charge in [0.05, 0.1) is 6.61 Å². The summed E-state index contributed by atoms with van der Waals surface area (Å²) in [6.07, 6.45) is -4.54. The summed E-state index contributed by atoms with van der Waals surface area (Å²) in [5, 5.41) is 2.62. The fraction of sp³-hybridized carbons (Fsp3) is 0.455. The minimum atomic E-state index is -4.54. The Kier molecular flexibility index (Phi) is 4.52. The fourth-order valence-corrected chi connectivity index (χ4v) is 1.29. The minimum absolute atomic E-state index is 0.00769. The molecule has 0 amide bonds. The zero-order valence-electron chi connectivity index (χ0n) is 9.97. The molecule has 100 valence electrons. The molecule has 0 aromatic carbocycles. The number of hydrogen-bond acceptors (Lipinski definition) is 4. The number of nitrogens with zero attached hydrogens (tertiary/aromatic N) is 1. The lowest BCUT2D eigenvalue weighted by Gasteiger charge is -2.12. The van der Waals surface area contributed by atoms with E-state index in [2.05, 4.69) is 10.3 Å². The Morgan fingerprint density at radius 2 is 2.06 bits per heavy atom.